The number of nitrogens with one attached hydrogen (secondary N) is 2. The van der Waals surface area contributed by atoms with Gasteiger partial charge in [0, 0.05) is 22.5 Å². The molecule has 3 N–H and O–H groups in total. The van der Waals surface area contributed by atoms with Crippen LogP contribution in [0.3, 0.4) is 0 Å². The normalized spacial score (nSPS) is 10.4. The summed E-state index contributed by atoms with van der Waals surface area (Å²) in [6.45, 7) is 1.74. The van der Waals surface area contributed by atoms with Gasteiger partial charge in [-0.3, -0.25) is 4.79 Å². The van der Waals surface area contributed by atoms with Crippen molar-refractivity contribution in [1.82, 2.24) is 0 Å². The van der Waals surface area contributed by atoms with Crippen molar-refractivity contribution in [1.29, 1.82) is 10.5 Å². The number of nitrogens with zero attached hydrogens (tertiary/aromatic N) is 2. The van der Waals surface area contributed by atoms with Crippen molar-refractivity contribution >= 4 is 29.0 Å². The summed E-state index contributed by atoms with van der Waals surface area (Å²) in [5.41, 5.74) is 1.79. The molecule has 0 atom stereocenters. The Balaban J connectivity index is 2.07. The number of aryl methyl sites for hydroxylation is 1. The summed E-state index contributed by atoms with van der Waals surface area (Å²) in [5, 5.41) is 34.7. The standard InChI is InChI=1S/C18H14N4O2S/c1-12-8-15(23)4-7-17(12)22-18(24)13(9-19)10-21-14-2-5-16(6-3-14)25-11-20/h2-8,10,21,23H,1H3,(H,22,24)/b13-10-. The van der Waals surface area contributed by atoms with E-state index in [0.29, 0.717) is 16.9 Å². The number of thiocyanates is 1. The fourth-order valence-electron chi connectivity index (χ4n) is 1.95. The van der Waals surface area contributed by atoms with Gasteiger partial charge in [-0.05, 0) is 66.7 Å². The van der Waals surface area contributed by atoms with Crippen LogP contribution in [0.5, 0.6) is 5.75 Å². The van der Waals surface area contributed by atoms with Crippen molar-refractivity contribution in [3.8, 4) is 17.2 Å². The van der Waals surface area contributed by atoms with E-state index in [9.17, 15) is 15.2 Å². The molecule has 0 fully saturated rings. The van der Waals surface area contributed by atoms with E-state index in [1.54, 1.807) is 37.3 Å². The summed E-state index contributed by atoms with van der Waals surface area (Å²) in [7, 11) is 0. The Morgan fingerprint density at radius 2 is 1.92 bits per heavy atom. The van der Waals surface area contributed by atoms with E-state index in [0.717, 1.165) is 16.7 Å². The van der Waals surface area contributed by atoms with Crippen molar-refractivity contribution in [3.63, 3.8) is 0 Å². The van der Waals surface area contributed by atoms with E-state index in [2.05, 4.69) is 10.6 Å². The zero-order valence-electron chi connectivity index (χ0n) is 13.3. The van der Waals surface area contributed by atoms with Gasteiger partial charge in [-0.1, -0.05) is 0 Å². The smallest absolute Gasteiger partial charge is 0.267 e. The molecule has 1 amide bonds. The number of benzene rings is 2. The Labute approximate surface area is 149 Å². The third kappa shape index (κ3) is 5.03. The minimum absolute atomic E-state index is 0.0945. The zero-order chi connectivity index (χ0) is 18.2. The molecule has 6 nitrogen and oxygen atoms in total. The second-order valence-corrected chi connectivity index (χ2v) is 5.84. The second kappa shape index (κ2) is 8.44. The van der Waals surface area contributed by atoms with Crippen molar-refractivity contribution in [2.24, 2.45) is 0 Å². The number of thioether (sulfide) groups is 1. The molecule has 0 aromatic heterocycles. The first-order chi connectivity index (χ1) is 12.0. The van der Waals surface area contributed by atoms with Gasteiger partial charge in [0.05, 0.1) is 0 Å². The number of rotatable bonds is 5. The van der Waals surface area contributed by atoms with Gasteiger partial charge < -0.3 is 15.7 Å². The summed E-state index contributed by atoms with van der Waals surface area (Å²) in [4.78, 5) is 13.0. The van der Waals surface area contributed by atoms with Gasteiger partial charge in [-0.2, -0.15) is 10.5 Å². The molecule has 0 aliphatic heterocycles. The number of carbonyl (C=O) groups excluding carboxylic acids is 1. The number of hydrogen-bond donors (Lipinski definition) is 3. The third-order valence-corrected chi connectivity index (χ3v) is 3.82. The van der Waals surface area contributed by atoms with Gasteiger partial charge >= 0.3 is 0 Å². The lowest BCUT2D eigenvalue weighted by Crippen LogP contribution is -2.15. The predicted molar refractivity (Wildman–Crippen MR) is 96.7 cm³/mol. The van der Waals surface area contributed by atoms with Gasteiger partial charge in [0.1, 0.15) is 22.8 Å². The maximum atomic E-state index is 12.2. The largest absolute Gasteiger partial charge is 0.508 e. The number of amides is 1. The summed E-state index contributed by atoms with van der Waals surface area (Å²) < 4.78 is 0. The van der Waals surface area contributed by atoms with E-state index in [-0.39, 0.29) is 11.3 Å². The number of carbonyl (C=O) groups is 1. The summed E-state index contributed by atoms with van der Waals surface area (Å²) in [6, 6.07) is 13.4. The highest BCUT2D eigenvalue weighted by atomic mass is 32.2. The van der Waals surface area contributed by atoms with Gasteiger partial charge in [-0.15, -0.1) is 0 Å². The lowest BCUT2D eigenvalue weighted by atomic mass is 10.2. The maximum absolute atomic E-state index is 12.2. The lowest BCUT2D eigenvalue weighted by Gasteiger charge is -2.08. The molecule has 0 unspecified atom stereocenters. The first kappa shape index (κ1) is 17.9. The topological polar surface area (TPSA) is 109 Å². The molecule has 0 spiro atoms. The summed E-state index contributed by atoms with van der Waals surface area (Å²) >= 11 is 1.05. The summed E-state index contributed by atoms with van der Waals surface area (Å²) in [6.07, 6.45) is 1.32. The van der Waals surface area contributed by atoms with E-state index in [1.165, 1.54) is 18.3 Å². The monoisotopic (exact) mass is 350 g/mol. The number of hydrogen-bond acceptors (Lipinski definition) is 6. The van der Waals surface area contributed by atoms with E-state index in [1.807, 2.05) is 11.5 Å². The molecule has 0 aliphatic carbocycles. The molecule has 0 heterocycles. The molecule has 2 aromatic carbocycles. The first-order valence-corrected chi connectivity index (χ1v) is 7.99. The lowest BCUT2D eigenvalue weighted by molar-refractivity contribution is -0.112. The maximum Gasteiger partial charge on any atom is 0.267 e. The van der Waals surface area contributed by atoms with Crippen LogP contribution in [0.1, 0.15) is 5.56 Å². The van der Waals surface area contributed by atoms with E-state index in [4.69, 9.17) is 5.26 Å². The molecule has 0 radical (unpaired) electrons. The number of phenolic OH excluding ortho intramolecular Hbond substituents is 1. The van der Waals surface area contributed by atoms with Crippen LogP contribution in [0.4, 0.5) is 11.4 Å². The van der Waals surface area contributed by atoms with Gasteiger partial charge in [0.25, 0.3) is 5.91 Å². The highest BCUT2D eigenvalue weighted by Crippen LogP contribution is 2.21. The van der Waals surface area contributed by atoms with Gasteiger partial charge in [0.2, 0.25) is 0 Å². The van der Waals surface area contributed by atoms with Crippen LogP contribution >= 0.6 is 11.8 Å². The Bertz CT molecular complexity index is 893. The summed E-state index contributed by atoms with van der Waals surface area (Å²) in [5.74, 6) is -0.452. The molecular weight excluding hydrogens is 336 g/mol. The van der Waals surface area contributed by atoms with Crippen LogP contribution in [0.2, 0.25) is 0 Å². The second-order valence-electron chi connectivity index (χ2n) is 4.99. The minimum Gasteiger partial charge on any atom is -0.508 e. The predicted octanol–water partition coefficient (Wildman–Crippen LogP) is 3.73. The highest BCUT2D eigenvalue weighted by Gasteiger charge is 2.11. The fourth-order valence-corrected chi connectivity index (χ4v) is 2.33. The molecule has 0 bridgehead atoms. The Morgan fingerprint density at radius 3 is 2.52 bits per heavy atom. The highest BCUT2D eigenvalue weighted by molar-refractivity contribution is 8.03. The van der Waals surface area contributed by atoms with Crippen molar-refractivity contribution in [2.45, 2.75) is 11.8 Å². The van der Waals surface area contributed by atoms with Crippen LogP contribution < -0.4 is 10.6 Å². The third-order valence-electron chi connectivity index (χ3n) is 3.22. The number of phenols is 1. The number of anilines is 2. The number of aromatic hydroxyl groups is 1. The Kier molecular flexibility index (Phi) is 6.05. The quantitative estimate of drug-likeness (QED) is 0.249. The number of nitriles is 2. The van der Waals surface area contributed by atoms with Gasteiger partial charge in [-0.25, -0.2) is 0 Å². The SMILES string of the molecule is Cc1cc(O)ccc1NC(=O)/C(C#N)=C\Nc1ccc(SC#N)cc1. The van der Waals surface area contributed by atoms with Crippen molar-refractivity contribution in [3.05, 3.63) is 59.8 Å². The Hall–Kier alpha value is -3.42. The molecule has 7 heteroatoms. The molecular formula is C18H14N4O2S. The molecule has 0 saturated carbocycles. The van der Waals surface area contributed by atoms with Gasteiger partial charge in [0.15, 0.2) is 0 Å². The minimum atomic E-state index is -0.555. The molecule has 2 rings (SSSR count). The Morgan fingerprint density at radius 1 is 1.20 bits per heavy atom. The van der Waals surface area contributed by atoms with Crippen LogP contribution in [-0.2, 0) is 4.79 Å². The van der Waals surface area contributed by atoms with Crippen LogP contribution in [0, 0.1) is 28.9 Å². The van der Waals surface area contributed by atoms with E-state index >= 15 is 0 Å². The zero-order valence-corrected chi connectivity index (χ0v) is 14.1. The average Bonchev–Trinajstić information content (AvgIpc) is 2.59. The van der Waals surface area contributed by atoms with Crippen molar-refractivity contribution in [2.75, 3.05) is 10.6 Å². The van der Waals surface area contributed by atoms with Crippen LogP contribution in [-0.4, -0.2) is 11.0 Å². The van der Waals surface area contributed by atoms with Crippen LogP contribution in [0.15, 0.2) is 59.1 Å². The molecule has 0 saturated heterocycles. The molecule has 2 aromatic rings. The van der Waals surface area contributed by atoms with Crippen LogP contribution in [0.25, 0.3) is 0 Å². The first-order valence-electron chi connectivity index (χ1n) is 7.17. The average molecular weight is 350 g/mol. The molecule has 0 aliphatic rings. The van der Waals surface area contributed by atoms with E-state index < -0.39 is 5.91 Å². The van der Waals surface area contributed by atoms with Crippen molar-refractivity contribution < 1.29 is 9.90 Å². The molecule has 25 heavy (non-hydrogen) atoms. The fraction of sp³-hybridized carbons (Fsp3) is 0.0556. The molecule has 124 valence electrons.